The summed E-state index contributed by atoms with van der Waals surface area (Å²) in [6.07, 6.45) is 1.96. The fourth-order valence-corrected chi connectivity index (χ4v) is 4.47. The Bertz CT molecular complexity index is 1030. The molecule has 1 saturated heterocycles. The first-order valence-electron chi connectivity index (χ1n) is 9.88. The highest BCUT2D eigenvalue weighted by atomic mass is 32.1. The van der Waals surface area contributed by atoms with Gasteiger partial charge in [0, 0.05) is 34.6 Å². The van der Waals surface area contributed by atoms with E-state index in [-0.39, 0.29) is 11.2 Å². The first kappa shape index (κ1) is 20.4. The summed E-state index contributed by atoms with van der Waals surface area (Å²) < 4.78 is 17.9. The smallest absolute Gasteiger partial charge is 0.248 e. The summed E-state index contributed by atoms with van der Waals surface area (Å²) in [6, 6.07) is 13.8. The van der Waals surface area contributed by atoms with Gasteiger partial charge in [-0.15, -0.1) is 0 Å². The highest BCUT2D eigenvalue weighted by molar-refractivity contribution is 7.09. The summed E-state index contributed by atoms with van der Waals surface area (Å²) in [5.74, 6) is -0.138. The minimum atomic E-state index is -0.478. The molecule has 6 nitrogen and oxygen atoms in total. The summed E-state index contributed by atoms with van der Waals surface area (Å²) >= 11 is 1.29. The number of nitrogens with zero attached hydrogens (tertiary/aromatic N) is 3. The van der Waals surface area contributed by atoms with Gasteiger partial charge in [0.15, 0.2) is 5.82 Å². The zero-order chi connectivity index (χ0) is 21.1. The van der Waals surface area contributed by atoms with Gasteiger partial charge in [-0.05, 0) is 62.8 Å². The maximum atomic E-state index is 13.5. The van der Waals surface area contributed by atoms with Crippen LogP contribution in [0.5, 0.6) is 0 Å². The molecule has 3 N–H and O–H groups in total. The van der Waals surface area contributed by atoms with Crippen molar-refractivity contribution in [2.75, 3.05) is 32.0 Å². The number of carbonyl (C=O) groups excluding carboxylic acids is 1. The Morgan fingerprint density at radius 3 is 2.67 bits per heavy atom. The summed E-state index contributed by atoms with van der Waals surface area (Å²) in [5, 5.41) is 4.17. The van der Waals surface area contributed by atoms with Crippen molar-refractivity contribution in [3.05, 3.63) is 65.5 Å². The zero-order valence-corrected chi connectivity index (χ0v) is 17.6. The average molecular weight is 426 g/mol. The van der Waals surface area contributed by atoms with Crippen LogP contribution in [0, 0.1) is 5.82 Å². The van der Waals surface area contributed by atoms with Crippen LogP contribution >= 0.6 is 11.5 Å². The van der Waals surface area contributed by atoms with Crippen LogP contribution in [0.2, 0.25) is 0 Å². The topological polar surface area (TPSA) is 84.1 Å². The lowest BCUT2D eigenvalue weighted by Gasteiger charge is -2.41. The molecule has 30 heavy (non-hydrogen) atoms. The average Bonchev–Trinajstić information content (AvgIpc) is 3.23. The fraction of sp³-hybridized carbons (Fsp3) is 0.318. The second kappa shape index (κ2) is 8.49. The number of hydrogen-bond donors (Lipinski definition) is 2. The molecule has 0 atom stereocenters. The molecule has 0 radical (unpaired) electrons. The Balaban J connectivity index is 1.53. The van der Waals surface area contributed by atoms with E-state index in [1.165, 1.54) is 23.7 Å². The van der Waals surface area contributed by atoms with Crippen LogP contribution in [0.3, 0.4) is 0 Å². The van der Waals surface area contributed by atoms with Gasteiger partial charge in [0.05, 0.1) is 0 Å². The number of aromatic nitrogens is 2. The molecule has 1 aromatic heterocycles. The lowest BCUT2D eigenvalue weighted by atomic mass is 9.72. The van der Waals surface area contributed by atoms with Crippen LogP contribution in [0.1, 0.15) is 28.8 Å². The number of carbonyl (C=O) groups is 1. The highest BCUT2D eigenvalue weighted by Crippen LogP contribution is 2.36. The third kappa shape index (κ3) is 4.34. The molecule has 8 heteroatoms. The van der Waals surface area contributed by atoms with Crippen molar-refractivity contribution in [1.82, 2.24) is 14.3 Å². The molecular weight excluding hydrogens is 401 g/mol. The number of amides is 1. The first-order chi connectivity index (χ1) is 14.4. The third-order valence-corrected chi connectivity index (χ3v) is 6.48. The normalized spacial score (nSPS) is 16.3. The van der Waals surface area contributed by atoms with Crippen molar-refractivity contribution in [3.8, 4) is 11.4 Å². The number of halogens is 1. The van der Waals surface area contributed by atoms with Gasteiger partial charge in [0.25, 0.3) is 0 Å². The van der Waals surface area contributed by atoms with E-state index < -0.39 is 5.91 Å². The SMILES string of the molecule is CN1CCC(CNc2nc(-c3cccc(C(N)=O)c3)ns2)(c2ccc(F)cc2)CC1. The van der Waals surface area contributed by atoms with E-state index in [0.717, 1.165) is 42.2 Å². The highest BCUT2D eigenvalue weighted by Gasteiger charge is 2.35. The molecular formula is C22H24FN5OS. The van der Waals surface area contributed by atoms with E-state index in [2.05, 4.69) is 26.6 Å². The molecule has 0 unspecified atom stereocenters. The number of likely N-dealkylation sites (tertiary alicyclic amines) is 1. The van der Waals surface area contributed by atoms with Crippen LogP contribution in [0.25, 0.3) is 11.4 Å². The van der Waals surface area contributed by atoms with Crippen LogP contribution < -0.4 is 11.1 Å². The Kier molecular flexibility index (Phi) is 5.78. The quantitative estimate of drug-likeness (QED) is 0.631. The van der Waals surface area contributed by atoms with Gasteiger partial charge >= 0.3 is 0 Å². The van der Waals surface area contributed by atoms with Gasteiger partial charge in [0.1, 0.15) is 5.82 Å². The van der Waals surface area contributed by atoms with Gasteiger partial charge in [-0.1, -0.05) is 24.3 Å². The lowest BCUT2D eigenvalue weighted by Crippen LogP contribution is -2.45. The van der Waals surface area contributed by atoms with E-state index in [9.17, 15) is 9.18 Å². The summed E-state index contributed by atoms with van der Waals surface area (Å²) in [7, 11) is 2.12. The molecule has 1 aliphatic rings. The van der Waals surface area contributed by atoms with Crippen LogP contribution in [-0.2, 0) is 5.41 Å². The van der Waals surface area contributed by atoms with Gasteiger partial charge < -0.3 is 16.0 Å². The van der Waals surface area contributed by atoms with Crippen molar-refractivity contribution >= 4 is 22.6 Å². The molecule has 2 heterocycles. The second-order valence-electron chi connectivity index (χ2n) is 7.81. The minimum absolute atomic E-state index is 0.0854. The molecule has 0 spiro atoms. The Morgan fingerprint density at radius 2 is 1.97 bits per heavy atom. The minimum Gasteiger partial charge on any atom is -0.366 e. The maximum absolute atomic E-state index is 13.5. The second-order valence-corrected chi connectivity index (χ2v) is 8.56. The van der Waals surface area contributed by atoms with Crippen molar-refractivity contribution in [2.45, 2.75) is 18.3 Å². The number of nitrogens with two attached hydrogens (primary N) is 1. The monoisotopic (exact) mass is 425 g/mol. The Hall–Kier alpha value is -2.84. The van der Waals surface area contributed by atoms with Crippen LogP contribution in [-0.4, -0.2) is 46.8 Å². The largest absolute Gasteiger partial charge is 0.366 e. The van der Waals surface area contributed by atoms with Gasteiger partial charge in [-0.25, -0.2) is 4.39 Å². The van der Waals surface area contributed by atoms with Gasteiger partial charge in [-0.2, -0.15) is 9.36 Å². The van der Waals surface area contributed by atoms with E-state index in [1.807, 2.05) is 18.2 Å². The summed E-state index contributed by atoms with van der Waals surface area (Å²) in [4.78, 5) is 18.3. The Labute approximate surface area is 179 Å². The number of piperidine rings is 1. The standard InChI is InChI=1S/C22H24FN5OS/c1-28-11-9-22(10-12-28,17-5-7-18(23)8-6-17)14-25-21-26-20(27-30-21)16-4-2-3-15(13-16)19(24)29/h2-8,13H,9-12,14H2,1H3,(H2,24,29)(H,25,26,27). The molecule has 0 bridgehead atoms. The molecule has 1 aliphatic heterocycles. The van der Waals surface area contributed by atoms with E-state index >= 15 is 0 Å². The third-order valence-electron chi connectivity index (χ3n) is 5.81. The van der Waals surface area contributed by atoms with Gasteiger partial charge in [-0.3, -0.25) is 4.79 Å². The molecule has 2 aromatic carbocycles. The number of hydrogen-bond acceptors (Lipinski definition) is 6. The number of primary amides is 1. The predicted octanol–water partition coefficient (Wildman–Crippen LogP) is 3.52. The predicted molar refractivity (Wildman–Crippen MR) is 117 cm³/mol. The van der Waals surface area contributed by atoms with E-state index in [4.69, 9.17) is 5.73 Å². The van der Waals surface area contributed by atoms with Gasteiger partial charge in [0.2, 0.25) is 11.0 Å². The van der Waals surface area contributed by atoms with E-state index in [1.54, 1.807) is 18.2 Å². The molecule has 1 amide bonds. The lowest BCUT2D eigenvalue weighted by molar-refractivity contribution is 0.100. The van der Waals surface area contributed by atoms with Crippen molar-refractivity contribution in [3.63, 3.8) is 0 Å². The number of nitrogens with one attached hydrogen (secondary N) is 1. The van der Waals surface area contributed by atoms with E-state index in [0.29, 0.717) is 17.9 Å². The first-order valence-corrected chi connectivity index (χ1v) is 10.6. The van der Waals surface area contributed by atoms with Crippen LogP contribution in [0.15, 0.2) is 48.5 Å². The number of rotatable bonds is 6. The number of anilines is 1. The number of benzene rings is 2. The van der Waals surface area contributed by atoms with Crippen molar-refractivity contribution in [2.24, 2.45) is 5.73 Å². The zero-order valence-electron chi connectivity index (χ0n) is 16.8. The van der Waals surface area contributed by atoms with Crippen LogP contribution in [0.4, 0.5) is 9.52 Å². The summed E-state index contributed by atoms with van der Waals surface area (Å²) in [6.45, 7) is 2.67. The molecule has 3 aromatic rings. The fourth-order valence-electron chi connectivity index (χ4n) is 3.89. The molecule has 1 fully saturated rings. The maximum Gasteiger partial charge on any atom is 0.248 e. The van der Waals surface area contributed by atoms with Crippen molar-refractivity contribution in [1.29, 1.82) is 0 Å². The Morgan fingerprint density at radius 1 is 1.23 bits per heavy atom. The molecule has 0 saturated carbocycles. The van der Waals surface area contributed by atoms with Crippen molar-refractivity contribution < 1.29 is 9.18 Å². The molecule has 4 rings (SSSR count). The molecule has 0 aliphatic carbocycles. The summed E-state index contributed by atoms with van der Waals surface area (Å²) in [5.41, 5.74) is 7.61. The molecule has 156 valence electrons.